The van der Waals surface area contributed by atoms with E-state index in [1.54, 1.807) is 12.4 Å². The van der Waals surface area contributed by atoms with Crippen molar-refractivity contribution in [1.82, 2.24) is 14.5 Å². The summed E-state index contributed by atoms with van der Waals surface area (Å²) in [7, 11) is 0. The Morgan fingerprint density at radius 3 is 2.71 bits per heavy atom. The standard InChI is InChI=1S/C16H16ClN3O/c1-2-21-14-5-3-4-13-16(14)19-15(10-17)20(13)11-12-6-8-18-9-7-12/h3-9H,2,10-11H2,1H3. The molecule has 3 rings (SSSR count). The third-order valence-corrected chi connectivity index (χ3v) is 3.57. The van der Waals surface area contributed by atoms with Crippen LogP contribution >= 0.6 is 11.6 Å². The van der Waals surface area contributed by atoms with E-state index >= 15 is 0 Å². The predicted octanol–water partition coefficient (Wildman–Crippen LogP) is 3.62. The van der Waals surface area contributed by atoms with Crippen LogP contribution in [0.1, 0.15) is 18.3 Å². The molecule has 0 amide bonds. The van der Waals surface area contributed by atoms with E-state index < -0.39 is 0 Å². The van der Waals surface area contributed by atoms with Gasteiger partial charge in [0.15, 0.2) is 0 Å². The van der Waals surface area contributed by atoms with E-state index in [0.29, 0.717) is 12.5 Å². The monoisotopic (exact) mass is 301 g/mol. The highest BCUT2D eigenvalue weighted by atomic mass is 35.5. The molecule has 4 nitrogen and oxygen atoms in total. The first kappa shape index (κ1) is 13.9. The Morgan fingerprint density at radius 1 is 1.19 bits per heavy atom. The van der Waals surface area contributed by atoms with Crippen LogP contribution in [0.15, 0.2) is 42.7 Å². The van der Waals surface area contributed by atoms with Gasteiger partial charge in [-0.3, -0.25) is 4.98 Å². The van der Waals surface area contributed by atoms with Crippen molar-refractivity contribution in [1.29, 1.82) is 0 Å². The van der Waals surface area contributed by atoms with E-state index in [1.165, 1.54) is 0 Å². The Hall–Kier alpha value is -2.07. The molecule has 0 unspecified atom stereocenters. The van der Waals surface area contributed by atoms with E-state index in [9.17, 15) is 0 Å². The van der Waals surface area contributed by atoms with Crippen LogP contribution in [-0.4, -0.2) is 21.1 Å². The maximum atomic E-state index is 6.06. The first-order valence-electron chi connectivity index (χ1n) is 6.89. The number of hydrogen-bond acceptors (Lipinski definition) is 3. The van der Waals surface area contributed by atoms with Gasteiger partial charge in [-0.15, -0.1) is 11.6 Å². The number of hydrogen-bond donors (Lipinski definition) is 0. The van der Waals surface area contributed by atoms with Gasteiger partial charge in [-0.05, 0) is 36.8 Å². The molecule has 0 aliphatic heterocycles. The van der Waals surface area contributed by atoms with Crippen molar-refractivity contribution in [2.75, 3.05) is 6.61 Å². The molecule has 2 heterocycles. The molecule has 5 heteroatoms. The largest absolute Gasteiger partial charge is 0.492 e. The first-order valence-corrected chi connectivity index (χ1v) is 7.42. The molecule has 0 aliphatic carbocycles. The summed E-state index contributed by atoms with van der Waals surface area (Å²) in [5.74, 6) is 2.01. The zero-order chi connectivity index (χ0) is 14.7. The summed E-state index contributed by atoms with van der Waals surface area (Å²) < 4.78 is 7.78. The maximum Gasteiger partial charge on any atom is 0.147 e. The molecule has 108 valence electrons. The normalized spacial score (nSPS) is 11.0. The number of benzene rings is 1. The Bertz CT molecular complexity index is 740. The molecule has 0 bridgehead atoms. The minimum absolute atomic E-state index is 0.366. The third kappa shape index (κ3) is 2.72. The molecule has 21 heavy (non-hydrogen) atoms. The second-order valence-corrected chi connectivity index (χ2v) is 4.93. The number of halogens is 1. The maximum absolute atomic E-state index is 6.06. The zero-order valence-electron chi connectivity index (χ0n) is 11.8. The fourth-order valence-corrected chi connectivity index (χ4v) is 2.59. The van der Waals surface area contributed by atoms with Gasteiger partial charge < -0.3 is 9.30 Å². The van der Waals surface area contributed by atoms with Crippen LogP contribution in [0.5, 0.6) is 5.75 Å². The molecule has 0 N–H and O–H groups in total. The topological polar surface area (TPSA) is 39.9 Å². The van der Waals surface area contributed by atoms with Gasteiger partial charge in [0.1, 0.15) is 17.1 Å². The van der Waals surface area contributed by atoms with Crippen molar-refractivity contribution in [2.24, 2.45) is 0 Å². The van der Waals surface area contributed by atoms with Crippen molar-refractivity contribution in [3.8, 4) is 5.75 Å². The number of rotatable bonds is 5. The highest BCUT2D eigenvalue weighted by Crippen LogP contribution is 2.27. The highest BCUT2D eigenvalue weighted by Gasteiger charge is 2.13. The smallest absolute Gasteiger partial charge is 0.147 e. The summed E-state index contributed by atoms with van der Waals surface area (Å²) in [6.07, 6.45) is 3.58. The van der Waals surface area contributed by atoms with Gasteiger partial charge in [-0.2, -0.15) is 0 Å². The molecule has 0 aliphatic rings. The summed E-state index contributed by atoms with van der Waals surface area (Å²) in [5.41, 5.74) is 3.06. The number of ether oxygens (including phenoxy) is 1. The van der Waals surface area contributed by atoms with Crippen LogP contribution in [0.2, 0.25) is 0 Å². The minimum Gasteiger partial charge on any atom is -0.492 e. The summed E-state index contributed by atoms with van der Waals surface area (Å²) in [6, 6.07) is 9.96. The lowest BCUT2D eigenvalue weighted by Crippen LogP contribution is -2.03. The molecular formula is C16H16ClN3O. The number of pyridine rings is 1. The molecule has 0 spiro atoms. The Kier molecular flexibility index (Phi) is 4.06. The predicted molar refractivity (Wildman–Crippen MR) is 83.8 cm³/mol. The van der Waals surface area contributed by atoms with Gasteiger partial charge >= 0.3 is 0 Å². The van der Waals surface area contributed by atoms with Crippen molar-refractivity contribution < 1.29 is 4.74 Å². The number of alkyl halides is 1. The minimum atomic E-state index is 0.366. The lowest BCUT2D eigenvalue weighted by Gasteiger charge is -2.08. The van der Waals surface area contributed by atoms with E-state index in [2.05, 4.69) is 14.5 Å². The second-order valence-electron chi connectivity index (χ2n) is 4.66. The van der Waals surface area contributed by atoms with Crippen LogP contribution in [0, 0.1) is 0 Å². The van der Waals surface area contributed by atoms with Gasteiger partial charge in [0.2, 0.25) is 0 Å². The average molecular weight is 302 g/mol. The van der Waals surface area contributed by atoms with Gasteiger partial charge in [-0.25, -0.2) is 4.98 Å². The molecule has 3 aromatic rings. The van der Waals surface area contributed by atoms with Crippen molar-refractivity contribution in [2.45, 2.75) is 19.3 Å². The lowest BCUT2D eigenvalue weighted by molar-refractivity contribution is 0.343. The van der Waals surface area contributed by atoms with Crippen molar-refractivity contribution >= 4 is 22.6 Å². The lowest BCUT2D eigenvalue weighted by atomic mass is 10.2. The number of imidazole rings is 1. The molecule has 0 saturated heterocycles. The van der Waals surface area contributed by atoms with Crippen LogP contribution in [0.4, 0.5) is 0 Å². The first-order chi connectivity index (χ1) is 10.3. The summed E-state index contributed by atoms with van der Waals surface area (Å²) in [5, 5.41) is 0. The molecule has 0 radical (unpaired) electrons. The average Bonchev–Trinajstić information content (AvgIpc) is 2.88. The van der Waals surface area contributed by atoms with Gasteiger partial charge in [0.05, 0.1) is 18.0 Å². The number of nitrogens with zero attached hydrogens (tertiary/aromatic N) is 3. The molecular weight excluding hydrogens is 286 g/mol. The molecule has 0 fully saturated rings. The summed E-state index contributed by atoms with van der Waals surface area (Å²) in [6.45, 7) is 3.30. The van der Waals surface area contributed by atoms with Crippen LogP contribution in [0.3, 0.4) is 0 Å². The van der Waals surface area contributed by atoms with E-state index in [-0.39, 0.29) is 0 Å². The molecule has 0 atom stereocenters. The van der Waals surface area contributed by atoms with Crippen LogP contribution in [-0.2, 0) is 12.4 Å². The number of fused-ring (bicyclic) bond motifs is 1. The SMILES string of the molecule is CCOc1cccc2c1nc(CCl)n2Cc1ccncc1. The second kappa shape index (κ2) is 6.14. The summed E-state index contributed by atoms with van der Waals surface area (Å²) >= 11 is 6.06. The van der Waals surface area contributed by atoms with Gasteiger partial charge in [0, 0.05) is 18.9 Å². The number of aromatic nitrogens is 3. The Balaban J connectivity index is 2.10. The fourth-order valence-electron chi connectivity index (χ4n) is 2.39. The van der Waals surface area contributed by atoms with Crippen molar-refractivity contribution in [3.05, 3.63) is 54.1 Å². The highest BCUT2D eigenvalue weighted by molar-refractivity contribution is 6.16. The third-order valence-electron chi connectivity index (χ3n) is 3.33. The van der Waals surface area contributed by atoms with E-state index in [0.717, 1.165) is 34.7 Å². The van der Waals surface area contributed by atoms with Crippen molar-refractivity contribution in [3.63, 3.8) is 0 Å². The van der Waals surface area contributed by atoms with E-state index in [4.69, 9.17) is 16.3 Å². The summed E-state index contributed by atoms with van der Waals surface area (Å²) in [4.78, 5) is 8.68. The van der Waals surface area contributed by atoms with Gasteiger partial charge in [-0.1, -0.05) is 6.07 Å². The molecule has 2 aromatic heterocycles. The fraction of sp³-hybridized carbons (Fsp3) is 0.250. The zero-order valence-corrected chi connectivity index (χ0v) is 12.5. The van der Waals surface area contributed by atoms with Gasteiger partial charge in [0.25, 0.3) is 0 Å². The molecule has 1 aromatic carbocycles. The number of para-hydroxylation sites is 1. The quantitative estimate of drug-likeness (QED) is 0.676. The van der Waals surface area contributed by atoms with Crippen LogP contribution < -0.4 is 4.74 Å². The van der Waals surface area contributed by atoms with E-state index in [1.807, 2.05) is 37.3 Å². The molecule has 0 saturated carbocycles. The Labute approximate surface area is 128 Å². The Morgan fingerprint density at radius 2 is 2.00 bits per heavy atom. The van der Waals surface area contributed by atoms with Crippen LogP contribution in [0.25, 0.3) is 11.0 Å².